The second kappa shape index (κ2) is 9.63. The number of hydrogen-bond donors (Lipinski definition) is 1. The number of rotatable bonds is 7. The molecule has 1 amide bonds. The number of benzene rings is 1. The van der Waals surface area contributed by atoms with Crippen LogP contribution < -0.4 is 19.6 Å². The Morgan fingerprint density at radius 2 is 1.79 bits per heavy atom. The first-order chi connectivity index (χ1) is 13.7. The summed E-state index contributed by atoms with van der Waals surface area (Å²) in [6.07, 6.45) is 8.73. The van der Waals surface area contributed by atoms with Crippen molar-refractivity contribution in [2.24, 2.45) is 16.4 Å². The summed E-state index contributed by atoms with van der Waals surface area (Å²) in [6, 6.07) is 3.19. The quantitative estimate of drug-likeness (QED) is 0.407. The maximum Gasteiger partial charge on any atom is 0.271 e. The summed E-state index contributed by atoms with van der Waals surface area (Å²) in [7, 11) is 4.54. The Morgan fingerprint density at radius 3 is 2.31 bits per heavy atom. The SMILES string of the molecule is COc1cc(C(=O)N/N=C(C)/C=C/C2C(C)=CCCC2(C)C)cc(OC)c1OC. The van der Waals surface area contributed by atoms with Crippen molar-refractivity contribution >= 4 is 11.6 Å². The zero-order valence-electron chi connectivity index (χ0n) is 18.5. The molecule has 1 aromatic rings. The number of hydrazone groups is 1. The summed E-state index contributed by atoms with van der Waals surface area (Å²) in [4.78, 5) is 12.5. The largest absolute Gasteiger partial charge is 0.493 e. The lowest BCUT2D eigenvalue weighted by Crippen LogP contribution is -2.26. The van der Waals surface area contributed by atoms with Crippen LogP contribution in [0.1, 0.15) is 50.9 Å². The Bertz CT molecular complexity index is 812. The summed E-state index contributed by atoms with van der Waals surface area (Å²) in [5.74, 6) is 1.28. The van der Waals surface area contributed by atoms with E-state index < -0.39 is 0 Å². The van der Waals surface area contributed by atoms with Gasteiger partial charge in [-0.1, -0.05) is 31.6 Å². The highest BCUT2D eigenvalue weighted by Crippen LogP contribution is 2.41. The fourth-order valence-corrected chi connectivity index (χ4v) is 3.67. The lowest BCUT2D eigenvalue weighted by Gasteiger charge is -2.36. The van der Waals surface area contributed by atoms with Gasteiger partial charge in [0.2, 0.25) is 5.75 Å². The summed E-state index contributed by atoms with van der Waals surface area (Å²) in [5.41, 5.74) is 5.28. The number of nitrogens with one attached hydrogen (secondary N) is 1. The summed E-state index contributed by atoms with van der Waals surface area (Å²) < 4.78 is 15.9. The lowest BCUT2D eigenvalue weighted by atomic mass is 9.68. The molecule has 6 nitrogen and oxygen atoms in total. The van der Waals surface area contributed by atoms with Crippen molar-refractivity contribution in [3.8, 4) is 17.2 Å². The molecule has 1 N–H and O–H groups in total. The minimum Gasteiger partial charge on any atom is -0.493 e. The van der Waals surface area contributed by atoms with Gasteiger partial charge in [0.15, 0.2) is 11.5 Å². The summed E-state index contributed by atoms with van der Waals surface area (Å²) in [6.45, 7) is 8.61. The van der Waals surface area contributed by atoms with E-state index in [4.69, 9.17) is 14.2 Å². The van der Waals surface area contributed by atoms with E-state index in [1.165, 1.54) is 26.9 Å². The smallest absolute Gasteiger partial charge is 0.271 e. The molecule has 0 heterocycles. The molecule has 0 bridgehead atoms. The predicted octanol–water partition coefficient (Wildman–Crippen LogP) is 4.76. The molecule has 1 aliphatic rings. The van der Waals surface area contributed by atoms with E-state index in [2.05, 4.69) is 43.5 Å². The molecular weight excluding hydrogens is 368 g/mol. The van der Waals surface area contributed by atoms with Crippen molar-refractivity contribution in [1.29, 1.82) is 0 Å². The Kier molecular flexibility index (Phi) is 7.48. The van der Waals surface area contributed by atoms with E-state index in [0.29, 0.717) is 28.7 Å². The number of ether oxygens (including phenoxy) is 3. The molecule has 0 radical (unpaired) electrons. The second-order valence-electron chi connectivity index (χ2n) is 7.92. The minimum atomic E-state index is -0.355. The minimum absolute atomic E-state index is 0.217. The first kappa shape index (κ1) is 22.5. The average molecular weight is 401 g/mol. The molecule has 1 atom stereocenters. The van der Waals surface area contributed by atoms with Crippen LogP contribution >= 0.6 is 0 Å². The van der Waals surface area contributed by atoms with Gasteiger partial charge in [-0.3, -0.25) is 4.79 Å². The fraction of sp³-hybridized carbons (Fsp3) is 0.478. The van der Waals surface area contributed by atoms with Gasteiger partial charge in [0.1, 0.15) is 0 Å². The summed E-state index contributed by atoms with van der Waals surface area (Å²) >= 11 is 0. The molecule has 1 aromatic carbocycles. The molecule has 1 unspecified atom stereocenters. The first-order valence-corrected chi connectivity index (χ1v) is 9.73. The Morgan fingerprint density at radius 1 is 1.17 bits per heavy atom. The van der Waals surface area contributed by atoms with Gasteiger partial charge in [-0.05, 0) is 50.3 Å². The highest BCUT2D eigenvalue weighted by Gasteiger charge is 2.30. The molecule has 0 spiro atoms. The number of carbonyl (C=O) groups is 1. The number of carbonyl (C=O) groups excluding carboxylic acids is 1. The molecule has 6 heteroatoms. The normalized spacial score (nSPS) is 18.9. The van der Waals surface area contributed by atoms with Gasteiger partial charge >= 0.3 is 0 Å². The van der Waals surface area contributed by atoms with Gasteiger partial charge in [-0.25, -0.2) is 5.43 Å². The third-order valence-corrected chi connectivity index (χ3v) is 5.38. The zero-order chi connectivity index (χ0) is 21.6. The van der Waals surface area contributed by atoms with E-state index >= 15 is 0 Å². The van der Waals surface area contributed by atoms with Crippen molar-refractivity contribution < 1.29 is 19.0 Å². The maximum absolute atomic E-state index is 12.5. The first-order valence-electron chi connectivity index (χ1n) is 9.73. The average Bonchev–Trinajstić information content (AvgIpc) is 2.69. The van der Waals surface area contributed by atoms with Crippen LogP contribution in [0.3, 0.4) is 0 Å². The Labute approximate surface area is 173 Å². The van der Waals surface area contributed by atoms with Gasteiger partial charge < -0.3 is 14.2 Å². The van der Waals surface area contributed by atoms with E-state index in [9.17, 15) is 4.79 Å². The van der Waals surface area contributed by atoms with Gasteiger partial charge in [0, 0.05) is 11.5 Å². The van der Waals surface area contributed by atoms with Crippen molar-refractivity contribution in [1.82, 2.24) is 5.43 Å². The van der Waals surface area contributed by atoms with Crippen LogP contribution in [-0.4, -0.2) is 32.9 Å². The third kappa shape index (κ3) is 5.40. The fourth-order valence-electron chi connectivity index (χ4n) is 3.67. The van der Waals surface area contributed by atoms with Crippen molar-refractivity contribution in [3.63, 3.8) is 0 Å². The molecule has 0 saturated carbocycles. The van der Waals surface area contributed by atoms with E-state index in [1.807, 2.05) is 13.0 Å². The molecule has 1 aliphatic carbocycles. The molecule has 29 heavy (non-hydrogen) atoms. The molecule has 0 aliphatic heterocycles. The lowest BCUT2D eigenvalue weighted by molar-refractivity contribution is 0.0954. The number of methoxy groups -OCH3 is 3. The van der Waals surface area contributed by atoms with Crippen LogP contribution in [0.2, 0.25) is 0 Å². The second-order valence-corrected chi connectivity index (χ2v) is 7.92. The van der Waals surface area contributed by atoms with Gasteiger partial charge in [-0.15, -0.1) is 0 Å². The van der Waals surface area contributed by atoms with Crippen molar-refractivity contribution in [2.45, 2.75) is 40.5 Å². The van der Waals surface area contributed by atoms with Gasteiger partial charge in [0.25, 0.3) is 5.91 Å². The van der Waals surface area contributed by atoms with Gasteiger partial charge in [-0.2, -0.15) is 5.10 Å². The van der Waals surface area contributed by atoms with Gasteiger partial charge in [0.05, 0.1) is 27.0 Å². The number of nitrogens with zero attached hydrogens (tertiary/aromatic N) is 1. The van der Waals surface area contributed by atoms with E-state index in [1.54, 1.807) is 12.1 Å². The molecular formula is C23H32N2O4. The number of allylic oxidation sites excluding steroid dienone is 4. The van der Waals surface area contributed by atoms with Crippen LogP contribution in [0.4, 0.5) is 0 Å². The van der Waals surface area contributed by atoms with Crippen molar-refractivity contribution in [2.75, 3.05) is 21.3 Å². The Balaban J connectivity index is 2.14. The van der Waals surface area contributed by atoms with Crippen LogP contribution in [0.5, 0.6) is 17.2 Å². The zero-order valence-corrected chi connectivity index (χ0v) is 18.5. The summed E-state index contributed by atoms with van der Waals surface area (Å²) in [5, 5.41) is 4.21. The van der Waals surface area contributed by atoms with Crippen molar-refractivity contribution in [3.05, 3.63) is 41.5 Å². The molecule has 2 rings (SSSR count). The van der Waals surface area contributed by atoms with E-state index in [-0.39, 0.29) is 11.3 Å². The molecule has 0 fully saturated rings. The standard InChI is InChI=1S/C23H32N2O4/c1-15-9-8-12-23(3,4)18(15)11-10-16(2)24-25-22(26)17-13-19(27-5)21(29-7)20(14-17)28-6/h9-11,13-14,18H,8,12H2,1-7H3,(H,25,26)/b11-10+,24-16+. The maximum atomic E-state index is 12.5. The van der Waals surface area contributed by atoms with E-state index in [0.717, 1.165) is 18.6 Å². The van der Waals surface area contributed by atoms with Crippen LogP contribution in [0.15, 0.2) is 41.0 Å². The third-order valence-electron chi connectivity index (χ3n) is 5.38. The predicted molar refractivity (Wildman–Crippen MR) is 116 cm³/mol. The molecule has 158 valence electrons. The molecule has 0 aromatic heterocycles. The Hall–Kier alpha value is -2.76. The highest BCUT2D eigenvalue weighted by atomic mass is 16.5. The highest BCUT2D eigenvalue weighted by molar-refractivity contribution is 5.98. The van der Waals surface area contributed by atoms with Crippen LogP contribution in [0.25, 0.3) is 0 Å². The van der Waals surface area contributed by atoms with Crippen LogP contribution in [-0.2, 0) is 0 Å². The van der Waals surface area contributed by atoms with Crippen LogP contribution in [0, 0.1) is 11.3 Å². The molecule has 0 saturated heterocycles. The monoisotopic (exact) mass is 400 g/mol. The topological polar surface area (TPSA) is 69.2 Å². The number of hydrogen-bond acceptors (Lipinski definition) is 5. The number of amides is 1.